The first-order valence-electron chi connectivity index (χ1n) is 5.27. The third-order valence-corrected chi connectivity index (χ3v) is 2.23. The third kappa shape index (κ3) is 4.57. The second-order valence-corrected chi connectivity index (χ2v) is 3.47. The van der Waals surface area contributed by atoms with E-state index in [0.29, 0.717) is 0 Å². The number of nitrogens with zero attached hydrogens (tertiary/aromatic N) is 2. The van der Waals surface area contributed by atoms with Crippen LogP contribution in [-0.2, 0) is 0 Å². The van der Waals surface area contributed by atoms with Crippen molar-refractivity contribution in [3.05, 3.63) is 24.3 Å². The molecular formula is C12H17N3. The van der Waals surface area contributed by atoms with E-state index >= 15 is 0 Å². The van der Waals surface area contributed by atoms with Crippen LogP contribution in [-0.4, -0.2) is 16.5 Å². The van der Waals surface area contributed by atoms with Gasteiger partial charge < -0.3 is 5.32 Å². The highest BCUT2D eigenvalue weighted by Crippen LogP contribution is 2.06. The standard InChI is InChI=1S/C12H17N3/c1-3-4-5-6-7-14-11(2)12-10-13-8-9-15-12/h1,8-11,14H,4-7H2,2H3. The Kier molecular flexibility index (Phi) is 5.42. The van der Waals surface area contributed by atoms with Gasteiger partial charge in [0.15, 0.2) is 0 Å². The summed E-state index contributed by atoms with van der Waals surface area (Å²) in [6, 6.07) is 0.254. The van der Waals surface area contributed by atoms with Gasteiger partial charge in [0.1, 0.15) is 0 Å². The Morgan fingerprint density at radius 2 is 2.33 bits per heavy atom. The van der Waals surface area contributed by atoms with Crippen molar-refractivity contribution >= 4 is 0 Å². The first-order valence-corrected chi connectivity index (χ1v) is 5.27. The van der Waals surface area contributed by atoms with Crippen LogP contribution >= 0.6 is 0 Å². The zero-order valence-corrected chi connectivity index (χ0v) is 9.11. The quantitative estimate of drug-likeness (QED) is 0.567. The molecule has 0 aliphatic heterocycles. The van der Waals surface area contributed by atoms with Gasteiger partial charge in [-0.25, -0.2) is 0 Å². The molecule has 0 spiro atoms. The van der Waals surface area contributed by atoms with Crippen molar-refractivity contribution in [1.82, 2.24) is 15.3 Å². The van der Waals surface area contributed by atoms with Crippen LogP contribution in [0.25, 0.3) is 0 Å². The summed E-state index contributed by atoms with van der Waals surface area (Å²) < 4.78 is 0. The summed E-state index contributed by atoms with van der Waals surface area (Å²) in [6.07, 6.45) is 13.4. The molecule has 0 amide bonds. The van der Waals surface area contributed by atoms with Gasteiger partial charge in [-0.2, -0.15) is 0 Å². The molecule has 0 saturated heterocycles. The average Bonchev–Trinajstić information content (AvgIpc) is 2.30. The van der Waals surface area contributed by atoms with Gasteiger partial charge in [0.25, 0.3) is 0 Å². The van der Waals surface area contributed by atoms with Gasteiger partial charge in [-0.15, -0.1) is 12.3 Å². The molecule has 0 aromatic carbocycles. The van der Waals surface area contributed by atoms with Gasteiger partial charge in [-0.1, -0.05) is 0 Å². The highest BCUT2D eigenvalue weighted by Gasteiger charge is 2.04. The highest BCUT2D eigenvalue weighted by atomic mass is 14.9. The maximum atomic E-state index is 5.17. The van der Waals surface area contributed by atoms with Crippen LogP contribution in [0.4, 0.5) is 0 Å². The minimum atomic E-state index is 0.254. The highest BCUT2D eigenvalue weighted by molar-refractivity contribution is 5.00. The Bertz CT molecular complexity index is 302. The second kappa shape index (κ2) is 6.97. The van der Waals surface area contributed by atoms with Crippen LogP contribution in [0.5, 0.6) is 0 Å². The van der Waals surface area contributed by atoms with Crippen molar-refractivity contribution < 1.29 is 0 Å². The van der Waals surface area contributed by atoms with E-state index < -0.39 is 0 Å². The van der Waals surface area contributed by atoms with E-state index in [4.69, 9.17) is 6.42 Å². The predicted molar refractivity (Wildman–Crippen MR) is 61.1 cm³/mol. The fourth-order valence-corrected chi connectivity index (χ4v) is 1.31. The molecule has 1 unspecified atom stereocenters. The molecule has 1 aromatic rings. The van der Waals surface area contributed by atoms with Crippen molar-refractivity contribution in [2.45, 2.75) is 32.2 Å². The Hall–Kier alpha value is -1.40. The third-order valence-electron chi connectivity index (χ3n) is 2.23. The Balaban J connectivity index is 2.20. The largest absolute Gasteiger partial charge is 0.309 e. The lowest BCUT2D eigenvalue weighted by atomic mass is 10.2. The van der Waals surface area contributed by atoms with Crippen molar-refractivity contribution in [2.24, 2.45) is 0 Å². The number of aromatic nitrogens is 2. The van der Waals surface area contributed by atoms with Crippen LogP contribution in [0, 0.1) is 12.3 Å². The lowest BCUT2D eigenvalue weighted by Gasteiger charge is -2.11. The molecule has 0 saturated carbocycles. The molecule has 3 nitrogen and oxygen atoms in total. The molecule has 1 atom stereocenters. The number of terminal acetylenes is 1. The van der Waals surface area contributed by atoms with E-state index in [9.17, 15) is 0 Å². The zero-order chi connectivity index (χ0) is 10.9. The molecule has 80 valence electrons. The molecule has 0 fully saturated rings. The molecule has 1 rings (SSSR count). The fraction of sp³-hybridized carbons (Fsp3) is 0.500. The summed E-state index contributed by atoms with van der Waals surface area (Å²) in [5.74, 6) is 2.64. The summed E-state index contributed by atoms with van der Waals surface area (Å²) in [5.41, 5.74) is 0.981. The number of rotatable bonds is 6. The lowest BCUT2D eigenvalue weighted by molar-refractivity contribution is 0.538. The summed E-state index contributed by atoms with van der Waals surface area (Å²) in [6.45, 7) is 3.06. The Morgan fingerprint density at radius 3 is 3.00 bits per heavy atom. The van der Waals surface area contributed by atoms with Crippen molar-refractivity contribution in [3.63, 3.8) is 0 Å². The monoisotopic (exact) mass is 203 g/mol. The average molecular weight is 203 g/mol. The molecule has 0 aliphatic rings. The van der Waals surface area contributed by atoms with E-state index in [-0.39, 0.29) is 6.04 Å². The molecular weight excluding hydrogens is 186 g/mol. The number of hydrogen-bond donors (Lipinski definition) is 1. The van der Waals surface area contributed by atoms with Gasteiger partial charge in [-0.3, -0.25) is 9.97 Å². The normalized spacial score (nSPS) is 12.0. The van der Waals surface area contributed by atoms with E-state index in [1.54, 1.807) is 18.6 Å². The number of unbranched alkanes of at least 4 members (excludes halogenated alkanes) is 2. The van der Waals surface area contributed by atoms with Crippen LogP contribution in [0.3, 0.4) is 0 Å². The van der Waals surface area contributed by atoms with Crippen molar-refractivity contribution in [3.8, 4) is 12.3 Å². The predicted octanol–water partition coefficient (Wildman–Crippen LogP) is 1.93. The molecule has 0 radical (unpaired) electrons. The van der Waals surface area contributed by atoms with Crippen LogP contribution in [0.1, 0.15) is 37.9 Å². The fourth-order valence-electron chi connectivity index (χ4n) is 1.31. The maximum absolute atomic E-state index is 5.17. The molecule has 1 N–H and O–H groups in total. The summed E-state index contributed by atoms with van der Waals surface area (Å²) in [4.78, 5) is 8.27. The minimum Gasteiger partial charge on any atom is -0.309 e. The van der Waals surface area contributed by atoms with Crippen molar-refractivity contribution in [2.75, 3.05) is 6.54 Å². The van der Waals surface area contributed by atoms with Gasteiger partial charge in [-0.05, 0) is 26.3 Å². The van der Waals surface area contributed by atoms with Gasteiger partial charge >= 0.3 is 0 Å². The van der Waals surface area contributed by atoms with Gasteiger partial charge in [0.2, 0.25) is 0 Å². The Morgan fingerprint density at radius 1 is 1.47 bits per heavy atom. The molecule has 1 aromatic heterocycles. The summed E-state index contributed by atoms with van der Waals surface area (Å²) >= 11 is 0. The molecule has 15 heavy (non-hydrogen) atoms. The van der Waals surface area contributed by atoms with Gasteiger partial charge in [0.05, 0.1) is 5.69 Å². The first-order chi connectivity index (χ1) is 7.34. The maximum Gasteiger partial charge on any atom is 0.0753 e. The molecule has 0 aliphatic carbocycles. The number of hydrogen-bond acceptors (Lipinski definition) is 3. The summed E-state index contributed by atoms with van der Waals surface area (Å²) in [7, 11) is 0. The summed E-state index contributed by atoms with van der Waals surface area (Å²) in [5, 5.41) is 3.39. The molecule has 3 heteroatoms. The van der Waals surface area contributed by atoms with Crippen LogP contribution in [0.15, 0.2) is 18.6 Å². The van der Waals surface area contributed by atoms with E-state index in [1.165, 1.54) is 0 Å². The zero-order valence-electron chi connectivity index (χ0n) is 9.11. The van der Waals surface area contributed by atoms with E-state index in [2.05, 4.69) is 28.1 Å². The smallest absolute Gasteiger partial charge is 0.0753 e. The topological polar surface area (TPSA) is 37.8 Å². The van der Waals surface area contributed by atoms with Crippen LogP contribution < -0.4 is 5.32 Å². The molecule has 0 bridgehead atoms. The lowest BCUT2D eigenvalue weighted by Crippen LogP contribution is -2.20. The second-order valence-electron chi connectivity index (χ2n) is 3.47. The van der Waals surface area contributed by atoms with Crippen LogP contribution in [0.2, 0.25) is 0 Å². The minimum absolute atomic E-state index is 0.254. The molecule has 1 heterocycles. The van der Waals surface area contributed by atoms with Crippen molar-refractivity contribution in [1.29, 1.82) is 0 Å². The SMILES string of the molecule is C#CCCCCNC(C)c1cnccn1. The first kappa shape index (κ1) is 11.7. The number of nitrogens with one attached hydrogen (secondary N) is 1. The van der Waals surface area contributed by atoms with E-state index in [0.717, 1.165) is 31.5 Å². The van der Waals surface area contributed by atoms with Gasteiger partial charge in [0, 0.05) is 31.1 Å². The Labute approximate surface area is 91.3 Å². The van der Waals surface area contributed by atoms with E-state index in [1.807, 2.05) is 0 Å².